The quantitative estimate of drug-likeness (QED) is 0.620. The number of nitrogens with one attached hydrogen (secondary N) is 2. The van der Waals surface area contributed by atoms with Gasteiger partial charge < -0.3 is 29.6 Å². The Labute approximate surface area is 175 Å². The molecule has 0 aromatic heterocycles. The Kier molecular flexibility index (Phi) is 7.37. The lowest BCUT2D eigenvalue weighted by molar-refractivity contribution is -0.120. The van der Waals surface area contributed by atoms with Crippen molar-refractivity contribution in [1.29, 1.82) is 0 Å². The fourth-order valence-corrected chi connectivity index (χ4v) is 2.96. The topological polar surface area (TPSA) is 95.1 Å². The molecular weight excluding hydrogens is 388 g/mol. The van der Waals surface area contributed by atoms with E-state index >= 15 is 0 Å². The molecule has 0 saturated carbocycles. The Morgan fingerprint density at radius 1 is 0.933 bits per heavy atom. The van der Waals surface area contributed by atoms with Crippen molar-refractivity contribution in [1.82, 2.24) is 10.6 Å². The molecule has 3 rings (SSSR count). The zero-order chi connectivity index (χ0) is 21.3. The lowest BCUT2D eigenvalue weighted by Gasteiger charge is -2.13. The van der Waals surface area contributed by atoms with Crippen LogP contribution in [0.1, 0.15) is 29.8 Å². The van der Waals surface area contributed by atoms with Crippen LogP contribution in [0.25, 0.3) is 0 Å². The van der Waals surface area contributed by atoms with E-state index in [9.17, 15) is 9.59 Å². The number of ether oxygens (including phenoxy) is 4. The van der Waals surface area contributed by atoms with Gasteiger partial charge in [0, 0.05) is 12.1 Å². The average Bonchev–Trinajstić information content (AvgIpc) is 3.22. The average molecular weight is 414 g/mol. The Morgan fingerprint density at radius 3 is 2.50 bits per heavy atom. The van der Waals surface area contributed by atoms with Crippen LogP contribution in [-0.4, -0.2) is 44.9 Å². The van der Waals surface area contributed by atoms with Crippen LogP contribution in [0.15, 0.2) is 36.4 Å². The van der Waals surface area contributed by atoms with Crippen LogP contribution >= 0.6 is 0 Å². The first-order valence-corrected chi connectivity index (χ1v) is 9.93. The molecule has 1 heterocycles. The van der Waals surface area contributed by atoms with Gasteiger partial charge in [0.05, 0.1) is 19.8 Å². The molecule has 30 heavy (non-hydrogen) atoms. The number of amides is 2. The molecule has 0 spiro atoms. The number of carbonyl (C=O) groups is 2. The van der Waals surface area contributed by atoms with Gasteiger partial charge >= 0.3 is 0 Å². The monoisotopic (exact) mass is 414 g/mol. The Morgan fingerprint density at radius 2 is 1.70 bits per heavy atom. The van der Waals surface area contributed by atoms with E-state index in [0.29, 0.717) is 54.7 Å². The van der Waals surface area contributed by atoms with E-state index in [0.717, 1.165) is 5.56 Å². The van der Waals surface area contributed by atoms with Crippen molar-refractivity contribution in [3.05, 3.63) is 47.5 Å². The Bertz CT molecular complexity index is 899. The lowest BCUT2D eigenvalue weighted by atomic mass is 10.1. The van der Waals surface area contributed by atoms with E-state index in [1.165, 1.54) is 0 Å². The molecule has 0 bridgehead atoms. The van der Waals surface area contributed by atoms with E-state index in [1.54, 1.807) is 18.2 Å². The molecule has 0 radical (unpaired) electrons. The van der Waals surface area contributed by atoms with Gasteiger partial charge in [-0.05, 0) is 56.2 Å². The molecule has 1 aliphatic heterocycles. The third kappa shape index (κ3) is 5.56. The Hall–Kier alpha value is -3.42. The first kappa shape index (κ1) is 21.3. The highest BCUT2D eigenvalue weighted by Crippen LogP contribution is 2.32. The van der Waals surface area contributed by atoms with Crippen LogP contribution < -0.4 is 29.6 Å². The van der Waals surface area contributed by atoms with Crippen LogP contribution in [0, 0.1) is 0 Å². The molecule has 160 valence electrons. The maximum Gasteiger partial charge on any atom is 0.251 e. The van der Waals surface area contributed by atoms with Gasteiger partial charge in [0.25, 0.3) is 5.91 Å². The number of hydrogen-bond acceptors (Lipinski definition) is 6. The third-order valence-corrected chi connectivity index (χ3v) is 4.39. The second-order valence-corrected chi connectivity index (χ2v) is 6.50. The van der Waals surface area contributed by atoms with Crippen molar-refractivity contribution in [3.8, 4) is 23.0 Å². The van der Waals surface area contributed by atoms with E-state index in [1.807, 2.05) is 32.0 Å². The fourth-order valence-electron chi connectivity index (χ4n) is 2.96. The summed E-state index contributed by atoms with van der Waals surface area (Å²) in [5, 5.41) is 5.40. The van der Waals surface area contributed by atoms with Crippen LogP contribution in [-0.2, 0) is 11.2 Å². The van der Waals surface area contributed by atoms with E-state index in [4.69, 9.17) is 18.9 Å². The highest BCUT2D eigenvalue weighted by molar-refractivity contribution is 5.97. The van der Waals surface area contributed by atoms with E-state index in [2.05, 4.69) is 10.6 Å². The summed E-state index contributed by atoms with van der Waals surface area (Å²) in [5.74, 6) is 1.91. The minimum Gasteiger partial charge on any atom is -0.490 e. The molecule has 0 fully saturated rings. The summed E-state index contributed by atoms with van der Waals surface area (Å²) in [5.41, 5.74) is 1.43. The van der Waals surface area contributed by atoms with Crippen LogP contribution in [0.5, 0.6) is 23.0 Å². The largest absolute Gasteiger partial charge is 0.490 e. The summed E-state index contributed by atoms with van der Waals surface area (Å²) in [6.45, 7) is 5.42. The molecule has 2 amide bonds. The van der Waals surface area contributed by atoms with Gasteiger partial charge in [0.1, 0.15) is 0 Å². The van der Waals surface area contributed by atoms with Crippen LogP contribution in [0.2, 0.25) is 0 Å². The summed E-state index contributed by atoms with van der Waals surface area (Å²) < 4.78 is 21.6. The maximum absolute atomic E-state index is 12.2. The van der Waals surface area contributed by atoms with Gasteiger partial charge in [0.15, 0.2) is 23.0 Å². The summed E-state index contributed by atoms with van der Waals surface area (Å²) >= 11 is 0. The summed E-state index contributed by atoms with van der Waals surface area (Å²) in [6, 6.07) is 10.6. The van der Waals surface area contributed by atoms with Crippen molar-refractivity contribution in [2.45, 2.75) is 20.3 Å². The normalized spacial score (nSPS) is 11.7. The van der Waals surface area contributed by atoms with Crippen LogP contribution in [0.3, 0.4) is 0 Å². The van der Waals surface area contributed by atoms with Gasteiger partial charge in [-0.3, -0.25) is 9.59 Å². The number of hydrogen-bond donors (Lipinski definition) is 2. The van der Waals surface area contributed by atoms with Crippen molar-refractivity contribution in [2.75, 3.05) is 33.1 Å². The van der Waals surface area contributed by atoms with Crippen molar-refractivity contribution < 1.29 is 28.5 Å². The molecule has 0 unspecified atom stereocenters. The maximum atomic E-state index is 12.2. The smallest absolute Gasteiger partial charge is 0.251 e. The molecular formula is C22H26N2O6. The number of benzene rings is 2. The second kappa shape index (κ2) is 10.4. The number of fused-ring (bicyclic) bond motifs is 1. The third-order valence-electron chi connectivity index (χ3n) is 4.39. The molecule has 0 atom stereocenters. The van der Waals surface area contributed by atoms with Gasteiger partial charge in [-0.2, -0.15) is 0 Å². The van der Waals surface area contributed by atoms with Gasteiger partial charge in [-0.1, -0.05) is 6.07 Å². The molecule has 2 N–H and O–H groups in total. The molecule has 0 aliphatic carbocycles. The zero-order valence-electron chi connectivity index (χ0n) is 17.2. The highest BCUT2D eigenvalue weighted by Gasteiger charge is 2.16. The minimum atomic E-state index is -0.351. The van der Waals surface area contributed by atoms with E-state index < -0.39 is 0 Å². The summed E-state index contributed by atoms with van der Waals surface area (Å²) in [4.78, 5) is 24.3. The number of carbonyl (C=O) groups excluding carboxylic acids is 2. The molecule has 2 aromatic rings. The molecule has 1 aliphatic rings. The molecule has 8 heteroatoms. The van der Waals surface area contributed by atoms with Crippen molar-refractivity contribution >= 4 is 11.8 Å². The first-order chi connectivity index (χ1) is 14.6. The van der Waals surface area contributed by atoms with Crippen molar-refractivity contribution in [3.63, 3.8) is 0 Å². The van der Waals surface area contributed by atoms with Crippen LogP contribution in [0.4, 0.5) is 0 Å². The standard InChI is InChI=1S/C22H26N2O6/c1-3-27-17-7-5-15(11-19(17)28-4-2)9-10-23-21(25)13-24-22(26)16-6-8-18-20(12-16)30-14-29-18/h5-8,11-12H,3-4,9-10,13-14H2,1-2H3,(H,23,25)(H,24,26). The van der Waals surface area contributed by atoms with Gasteiger partial charge in [0.2, 0.25) is 12.7 Å². The zero-order valence-corrected chi connectivity index (χ0v) is 17.2. The minimum absolute atomic E-state index is 0.110. The fraction of sp³-hybridized carbons (Fsp3) is 0.364. The summed E-state index contributed by atoms with van der Waals surface area (Å²) in [7, 11) is 0. The van der Waals surface area contributed by atoms with Gasteiger partial charge in [-0.25, -0.2) is 0 Å². The predicted octanol–water partition coefficient (Wildman–Crippen LogP) is 2.30. The Balaban J connectivity index is 1.43. The molecule has 8 nitrogen and oxygen atoms in total. The predicted molar refractivity (Wildman–Crippen MR) is 110 cm³/mol. The molecule has 0 saturated heterocycles. The highest BCUT2D eigenvalue weighted by atomic mass is 16.7. The SMILES string of the molecule is CCOc1ccc(CCNC(=O)CNC(=O)c2ccc3c(c2)OCO3)cc1OCC. The molecule has 2 aromatic carbocycles. The number of rotatable bonds is 10. The second-order valence-electron chi connectivity index (χ2n) is 6.50. The first-order valence-electron chi connectivity index (χ1n) is 9.93. The van der Waals surface area contributed by atoms with Gasteiger partial charge in [-0.15, -0.1) is 0 Å². The van der Waals surface area contributed by atoms with Crippen molar-refractivity contribution in [2.24, 2.45) is 0 Å². The van der Waals surface area contributed by atoms with E-state index in [-0.39, 0.29) is 25.2 Å². The lowest BCUT2D eigenvalue weighted by Crippen LogP contribution is -2.37. The summed E-state index contributed by atoms with van der Waals surface area (Å²) in [6.07, 6.45) is 0.633.